The van der Waals surface area contributed by atoms with Crippen molar-refractivity contribution >= 4 is 17.7 Å². The van der Waals surface area contributed by atoms with E-state index in [1.165, 1.54) is 11.3 Å². The maximum Gasteiger partial charge on any atom is 0.243 e. The highest BCUT2D eigenvalue weighted by molar-refractivity contribution is 6.09. The van der Waals surface area contributed by atoms with Crippen LogP contribution in [0.15, 0.2) is 12.2 Å². The quantitative estimate of drug-likeness (QED) is 0.636. The molecule has 1 saturated heterocycles. The number of nitrogens with one attached hydrogen (secondary N) is 1. The van der Waals surface area contributed by atoms with Gasteiger partial charge in [-0.1, -0.05) is 31.4 Å². The molecule has 5 atom stereocenters. The third-order valence-corrected chi connectivity index (χ3v) is 6.22. The molecule has 1 heterocycles. The van der Waals surface area contributed by atoms with Gasteiger partial charge in [-0.3, -0.25) is 19.3 Å². The summed E-state index contributed by atoms with van der Waals surface area (Å²) >= 11 is 0. The van der Waals surface area contributed by atoms with Crippen LogP contribution in [0.4, 0.5) is 0 Å². The molecule has 4 rings (SSSR count). The van der Waals surface area contributed by atoms with Crippen molar-refractivity contribution in [3.8, 4) is 0 Å². The molecule has 0 unspecified atom stereocenters. The third-order valence-electron chi connectivity index (χ3n) is 6.22. The molecular weight excluding hydrogens is 292 g/mol. The number of carbonyl (C=O) groups is 3. The molecule has 3 fully saturated rings. The Kier molecular flexibility index (Phi) is 3.54. The fourth-order valence-electron chi connectivity index (χ4n) is 4.99. The van der Waals surface area contributed by atoms with Crippen molar-refractivity contribution in [1.82, 2.24) is 10.2 Å². The number of fused-ring (bicyclic) bond motifs is 5. The predicted octanol–water partition coefficient (Wildman–Crippen LogP) is 1.63. The SMILES string of the molecule is C[C@H](C(=O)NC1CCCCC1)N1C(=O)[C@@H]2[C@@H](C1=O)[C@H]1C=C[C@@H]2C1. The molecule has 2 saturated carbocycles. The van der Waals surface area contributed by atoms with Crippen LogP contribution in [0.1, 0.15) is 45.4 Å². The smallest absolute Gasteiger partial charge is 0.243 e. The molecule has 2 bridgehead atoms. The van der Waals surface area contributed by atoms with E-state index in [0.717, 1.165) is 32.1 Å². The summed E-state index contributed by atoms with van der Waals surface area (Å²) in [6.45, 7) is 1.68. The first-order chi connectivity index (χ1) is 11.1. The van der Waals surface area contributed by atoms with Gasteiger partial charge in [-0.25, -0.2) is 0 Å². The Balaban J connectivity index is 1.46. The molecular formula is C18H24N2O3. The summed E-state index contributed by atoms with van der Waals surface area (Å²) in [7, 11) is 0. The van der Waals surface area contributed by atoms with Gasteiger partial charge in [0.1, 0.15) is 6.04 Å². The second kappa shape index (κ2) is 5.46. The fourth-order valence-corrected chi connectivity index (χ4v) is 4.99. The van der Waals surface area contributed by atoms with E-state index < -0.39 is 6.04 Å². The standard InChI is InChI=1S/C18H24N2O3/c1-10(16(21)19-13-5-3-2-4-6-13)20-17(22)14-11-7-8-12(9-11)15(14)18(20)23/h7-8,10-15H,2-6,9H2,1H3,(H,19,21)/t10-,11-,12+,14+,15+/m1/s1. The maximum absolute atomic E-state index is 12.7. The van der Waals surface area contributed by atoms with Gasteiger partial charge in [0.15, 0.2) is 0 Å². The zero-order valence-electron chi connectivity index (χ0n) is 13.5. The van der Waals surface area contributed by atoms with Crippen molar-refractivity contribution in [2.24, 2.45) is 23.7 Å². The molecule has 1 aliphatic heterocycles. The van der Waals surface area contributed by atoms with Gasteiger partial charge < -0.3 is 5.32 Å². The summed E-state index contributed by atoms with van der Waals surface area (Å²) in [6, 6.07) is -0.495. The fraction of sp³-hybridized carbons (Fsp3) is 0.722. The summed E-state index contributed by atoms with van der Waals surface area (Å²) in [6.07, 6.45) is 10.6. The number of likely N-dealkylation sites (tertiary alicyclic amines) is 1. The zero-order valence-corrected chi connectivity index (χ0v) is 13.5. The van der Waals surface area contributed by atoms with Crippen LogP contribution >= 0.6 is 0 Å². The molecule has 124 valence electrons. The highest BCUT2D eigenvalue weighted by atomic mass is 16.2. The van der Waals surface area contributed by atoms with Gasteiger partial charge in [0.25, 0.3) is 0 Å². The van der Waals surface area contributed by atoms with E-state index in [-0.39, 0.29) is 47.4 Å². The summed E-state index contributed by atoms with van der Waals surface area (Å²) in [5.74, 6) is -0.504. The van der Waals surface area contributed by atoms with E-state index in [2.05, 4.69) is 17.5 Å². The Morgan fingerprint density at radius 2 is 1.65 bits per heavy atom. The summed E-state index contributed by atoms with van der Waals surface area (Å²) in [4.78, 5) is 39.2. The van der Waals surface area contributed by atoms with Crippen molar-refractivity contribution in [3.63, 3.8) is 0 Å². The number of imide groups is 1. The molecule has 5 heteroatoms. The molecule has 4 aliphatic rings. The zero-order chi connectivity index (χ0) is 16.1. The van der Waals surface area contributed by atoms with E-state index in [4.69, 9.17) is 0 Å². The Bertz CT molecular complexity index is 549. The first-order valence-electron chi connectivity index (χ1n) is 8.93. The van der Waals surface area contributed by atoms with Crippen LogP contribution in [0.3, 0.4) is 0 Å². The highest BCUT2D eigenvalue weighted by Crippen LogP contribution is 2.52. The molecule has 1 N–H and O–H groups in total. The van der Waals surface area contributed by atoms with Crippen molar-refractivity contribution in [1.29, 1.82) is 0 Å². The minimum atomic E-state index is -0.693. The molecule has 3 amide bonds. The van der Waals surface area contributed by atoms with E-state index in [9.17, 15) is 14.4 Å². The van der Waals surface area contributed by atoms with Gasteiger partial charge >= 0.3 is 0 Å². The monoisotopic (exact) mass is 316 g/mol. The maximum atomic E-state index is 12.7. The van der Waals surface area contributed by atoms with Crippen LogP contribution in [0.2, 0.25) is 0 Å². The average Bonchev–Trinajstić information content (AvgIpc) is 3.22. The molecule has 0 aromatic rings. The summed E-state index contributed by atoms with van der Waals surface area (Å²) in [5.41, 5.74) is 0. The number of amides is 3. The van der Waals surface area contributed by atoms with E-state index in [1.807, 2.05) is 0 Å². The van der Waals surface area contributed by atoms with Crippen molar-refractivity contribution in [2.75, 3.05) is 0 Å². The van der Waals surface area contributed by atoms with Crippen molar-refractivity contribution in [3.05, 3.63) is 12.2 Å². The van der Waals surface area contributed by atoms with E-state index in [1.54, 1.807) is 6.92 Å². The van der Waals surface area contributed by atoms with Gasteiger partial charge in [-0.2, -0.15) is 0 Å². The second-order valence-electron chi connectivity index (χ2n) is 7.57. The average molecular weight is 316 g/mol. The van der Waals surface area contributed by atoms with Crippen LogP contribution in [0.25, 0.3) is 0 Å². The number of rotatable bonds is 3. The predicted molar refractivity (Wildman–Crippen MR) is 84.0 cm³/mol. The highest BCUT2D eigenvalue weighted by Gasteiger charge is 2.60. The Hall–Kier alpha value is -1.65. The number of allylic oxidation sites excluding steroid dienone is 2. The minimum Gasteiger partial charge on any atom is -0.352 e. The molecule has 3 aliphatic carbocycles. The van der Waals surface area contributed by atoms with Crippen LogP contribution in [-0.2, 0) is 14.4 Å². The molecule has 0 spiro atoms. The molecule has 0 radical (unpaired) electrons. The van der Waals surface area contributed by atoms with Crippen molar-refractivity contribution < 1.29 is 14.4 Å². The van der Waals surface area contributed by atoms with Crippen LogP contribution in [-0.4, -0.2) is 34.7 Å². The molecule has 23 heavy (non-hydrogen) atoms. The normalized spacial score (nSPS) is 37.3. The van der Waals surface area contributed by atoms with Gasteiger partial charge in [0, 0.05) is 6.04 Å². The third kappa shape index (κ3) is 2.24. The van der Waals surface area contributed by atoms with Crippen LogP contribution in [0.5, 0.6) is 0 Å². The first kappa shape index (κ1) is 14.9. The largest absolute Gasteiger partial charge is 0.352 e. The first-order valence-corrected chi connectivity index (χ1v) is 8.93. The lowest BCUT2D eigenvalue weighted by Gasteiger charge is -2.28. The van der Waals surface area contributed by atoms with Gasteiger partial charge in [0.2, 0.25) is 17.7 Å². The number of hydrogen-bond acceptors (Lipinski definition) is 3. The minimum absolute atomic E-state index is 0.136. The molecule has 0 aromatic carbocycles. The topological polar surface area (TPSA) is 66.5 Å². The number of hydrogen-bond donors (Lipinski definition) is 1. The molecule has 0 aromatic heterocycles. The van der Waals surface area contributed by atoms with Gasteiger partial charge in [-0.05, 0) is 38.0 Å². The van der Waals surface area contributed by atoms with Crippen molar-refractivity contribution in [2.45, 2.75) is 57.5 Å². The lowest BCUT2D eigenvalue weighted by atomic mass is 9.85. The Labute approximate surface area is 136 Å². The Morgan fingerprint density at radius 3 is 2.22 bits per heavy atom. The molecule has 5 nitrogen and oxygen atoms in total. The van der Waals surface area contributed by atoms with Gasteiger partial charge in [0.05, 0.1) is 11.8 Å². The number of carbonyl (C=O) groups excluding carboxylic acids is 3. The lowest BCUT2D eigenvalue weighted by molar-refractivity contribution is -0.148. The van der Waals surface area contributed by atoms with Crippen LogP contribution in [0, 0.1) is 23.7 Å². The summed E-state index contributed by atoms with van der Waals surface area (Å²) < 4.78 is 0. The summed E-state index contributed by atoms with van der Waals surface area (Å²) in [5, 5.41) is 3.04. The van der Waals surface area contributed by atoms with Gasteiger partial charge in [-0.15, -0.1) is 0 Å². The number of nitrogens with zero attached hydrogens (tertiary/aromatic N) is 1. The van der Waals surface area contributed by atoms with E-state index >= 15 is 0 Å². The van der Waals surface area contributed by atoms with E-state index in [0.29, 0.717) is 0 Å². The lowest BCUT2D eigenvalue weighted by Crippen LogP contribution is -2.51. The second-order valence-corrected chi connectivity index (χ2v) is 7.57. The van der Waals surface area contributed by atoms with Crippen LogP contribution < -0.4 is 5.32 Å². The Morgan fingerprint density at radius 1 is 1.09 bits per heavy atom.